The maximum atomic E-state index is 12.2. The minimum absolute atomic E-state index is 0.171. The van der Waals surface area contributed by atoms with Crippen molar-refractivity contribution in [3.05, 3.63) is 30.1 Å². The maximum absolute atomic E-state index is 12.2. The highest BCUT2D eigenvalue weighted by atomic mass is 16.2. The first-order valence-corrected chi connectivity index (χ1v) is 8.56. The van der Waals surface area contributed by atoms with E-state index < -0.39 is 0 Å². The van der Waals surface area contributed by atoms with Gasteiger partial charge in [-0.1, -0.05) is 12.1 Å². The van der Waals surface area contributed by atoms with Crippen LogP contribution in [0.2, 0.25) is 0 Å². The largest absolute Gasteiger partial charge is 0.342 e. The summed E-state index contributed by atoms with van der Waals surface area (Å²) in [4.78, 5) is 19.0. The summed E-state index contributed by atoms with van der Waals surface area (Å²) in [5, 5.41) is 0. The van der Waals surface area contributed by atoms with E-state index in [4.69, 9.17) is 10.7 Å². The lowest BCUT2D eigenvalue weighted by Gasteiger charge is -2.33. The Morgan fingerprint density at radius 3 is 2.91 bits per heavy atom. The molecular weight excluding hydrogens is 288 g/mol. The lowest BCUT2D eigenvalue weighted by atomic mass is 9.96. The van der Waals surface area contributed by atoms with Gasteiger partial charge in [0, 0.05) is 38.0 Å². The van der Waals surface area contributed by atoms with Gasteiger partial charge in [-0.3, -0.25) is 4.79 Å². The second kappa shape index (κ2) is 6.71. The fourth-order valence-electron chi connectivity index (χ4n) is 3.59. The van der Waals surface area contributed by atoms with Gasteiger partial charge in [-0.05, 0) is 38.8 Å². The number of nitrogens with zero attached hydrogens (tertiary/aromatic N) is 3. The fraction of sp³-hybridized carbons (Fsp3) is 0.556. The minimum Gasteiger partial charge on any atom is -0.342 e. The molecule has 2 heterocycles. The number of piperidine rings is 1. The number of hydrogen-bond donors (Lipinski definition) is 1. The average Bonchev–Trinajstić information content (AvgIpc) is 2.95. The molecular formula is C18H26N4O. The molecule has 0 aliphatic carbocycles. The molecule has 1 aromatic carbocycles. The topological polar surface area (TPSA) is 64.2 Å². The number of likely N-dealkylation sites (tertiary alicyclic amines) is 1. The van der Waals surface area contributed by atoms with Crippen LogP contribution in [-0.2, 0) is 4.79 Å². The van der Waals surface area contributed by atoms with Gasteiger partial charge in [0.15, 0.2) is 0 Å². The molecule has 124 valence electrons. The second-order valence-electron chi connectivity index (χ2n) is 6.64. The third-order valence-corrected chi connectivity index (χ3v) is 4.64. The monoisotopic (exact) mass is 314 g/mol. The van der Waals surface area contributed by atoms with Crippen molar-refractivity contribution in [3.8, 4) is 0 Å². The van der Waals surface area contributed by atoms with Crippen LogP contribution >= 0.6 is 0 Å². The van der Waals surface area contributed by atoms with Crippen molar-refractivity contribution in [3.63, 3.8) is 0 Å². The number of carbonyl (C=O) groups is 1. The Morgan fingerprint density at radius 2 is 2.17 bits per heavy atom. The van der Waals surface area contributed by atoms with Crippen LogP contribution < -0.4 is 5.73 Å². The molecule has 23 heavy (non-hydrogen) atoms. The molecule has 3 rings (SSSR count). The highest BCUT2D eigenvalue weighted by Gasteiger charge is 2.28. The molecule has 0 saturated carbocycles. The van der Waals surface area contributed by atoms with Crippen molar-refractivity contribution < 1.29 is 4.79 Å². The Hall–Kier alpha value is -1.88. The van der Waals surface area contributed by atoms with Crippen LogP contribution in [0.1, 0.15) is 50.9 Å². The van der Waals surface area contributed by atoms with E-state index in [9.17, 15) is 4.79 Å². The van der Waals surface area contributed by atoms with Gasteiger partial charge in [-0.15, -0.1) is 0 Å². The predicted molar refractivity (Wildman–Crippen MR) is 92.3 cm³/mol. The first-order chi connectivity index (χ1) is 11.1. The molecule has 1 saturated heterocycles. The summed E-state index contributed by atoms with van der Waals surface area (Å²) in [5.74, 6) is 1.59. The number of imidazole rings is 1. The van der Waals surface area contributed by atoms with Crippen LogP contribution in [0.25, 0.3) is 11.0 Å². The number of amides is 1. The molecule has 0 spiro atoms. The van der Waals surface area contributed by atoms with Crippen LogP contribution in [0.15, 0.2) is 24.3 Å². The van der Waals surface area contributed by atoms with Gasteiger partial charge in [0.2, 0.25) is 5.91 Å². The zero-order valence-electron chi connectivity index (χ0n) is 14.0. The molecule has 1 fully saturated rings. The van der Waals surface area contributed by atoms with E-state index in [1.807, 2.05) is 11.0 Å². The summed E-state index contributed by atoms with van der Waals surface area (Å²) in [6.45, 7) is 6.41. The van der Waals surface area contributed by atoms with Crippen molar-refractivity contribution in [1.29, 1.82) is 0 Å². The lowest BCUT2D eigenvalue weighted by molar-refractivity contribution is -0.132. The van der Waals surface area contributed by atoms with Crippen molar-refractivity contribution in [1.82, 2.24) is 14.5 Å². The third-order valence-electron chi connectivity index (χ3n) is 4.64. The molecule has 2 N–H and O–H groups in total. The van der Waals surface area contributed by atoms with E-state index in [0.717, 1.165) is 37.3 Å². The molecule has 1 aromatic heterocycles. The number of hydrogen-bond acceptors (Lipinski definition) is 3. The van der Waals surface area contributed by atoms with Gasteiger partial charge in [0.05, 0.1) is 11.0 Å². The zero-order valence-corrected chi connectivity index (χ0v) is 14.0. The van der Waals surface area contributed by atoms with Gasteiger partial charge in [-0.2, -0.15) is 0 Å². The lowest BCUT2D eigenvalue weighted by Crippen LogP contribution is -2.40. The Bertz CT molecular complexity index is 691. The zero-order chi connectivity index (χ0) is 16.4. The minimum atomic E-state index is 0.171. The highest BCUT2D eigenvalue weighted by molar-refractivity contribution is 5.77. The summed E-state index contributed by atoms with van der Waals surface area (Å²) >= 11 is 0. The predicted octanol–water partition coefficient (Wildman–Crippen LogP) is 2.67. The van der Waals surface area contributed by atoms with Crippen molar-refractivity contribution in [2.24, 2.45) is 5.73 Å². The molecule has 1 aliphatic rings. The first kappa shape index (κ1) is 16.0. The van der Waals surface area contributed by atoms with Gasteiger partial charge in [-0.25, -0.2) is 4.98 Å². The van der Waals surface area contributed by atoms with Crippen molar-refractivity contribution in [2.45, 2.75) is 45.1 Å². The summed E-state index contributed by atoms with van der Waals surface area (Å²) in [7, 11) is 0. The average molecular weight is 314 g/mol. The molecule has 1 unspecified atom stereocenters. The Labute approximate surface area is 137 Å². The number of benzene rings is 1. The summed E-state index contributed by atoms with van der Waals surface area (Å²) in [6.07, 6.45) is 2.55. The molecule has 2 aromatic rings. The quantitative estimate of drug-likeness (QED) is 0.943. The van der Waals surface area contributed by atoms with Crippen LogP contribution in [0.4, 0.5) is 0 Å². The Morgan fingerprint density at radius 1 is 1.39 bits per heavy atom. The maximum Gasteiger partial charge on any atom is 0.223 e. The summed E-state index contributed by atoms with van der Waals surface area (Å²) < 4.78 is 2.33. The Balaban J connectivity index is 1.93. The second-order valence-corrected chi connectivity index (χ2v) is 6.64. The molecule has 5 nitrogen and oxygen atoms in total. The van der Waals surface area contributed by atoms with Crippen molar-refractivity contribution in [2.75, 3.05) is 19.6 Å². The first-order valence-electron chi connectivity index (χ1n) is 8.56. The smallest absolute Gasteiger partial charge is 0.223 e. The van der Waals surface area contributed by atoms with Crippen LogP contribution in [0.5, 0.6) is 0 Å². The number of fused-ring (bicyclic) bond motifs is 1. The molecule has 1 atom stereocenters. The summed E-state index contributed by atoms with van der Waals surface area (Å²) in [6, 6.07) is 8.64. The van der Waals surface area contributed by atoms with Crippen molar-refractivity contribution >= 4 is 16.9 Å². The molecule has 1 amide bonds. The fourth-order valence-corrected chi connectivity index (χ4v) is 3.59. The van der Waals surface area contributed by atoms with E-state index in [1.165, 1.54) is 5.52 Å². The van der Waals surface area contributed by atoms with Gasteiger partial charge < -0.3 is 15.2 Å². The highest BCUT2D eigenvalue weighted by Crippen LogP contribution is 2.31. The molecule has 5 heteroatoms. The molecule has 1 aliphatic heterocycles. The Kier molecular flexibility index (Phi) is 4.66. The molecule has 0 bridgehead atoms. The van der Waals surface area contributed by atoms with E-state index >= 15 is 0 Å². The summed E-state index contributed by atoms with van der Waals surface area (Å²) in [5.41, 5.74) is 7.76. The van der Waals surface area contributed by atoms with E-state index in [0.29, 0.717) is 24.9 Å². The number of rotatable bonds is 4. The van der Waals surface area contributed by atoms with Gasteiger partial charge in [0.25, 0.3) is 0 Å². The van der Waals surface area contributed by atoms with Gasteiger partial charge >= 0.3 is 0 Å². The van der Waals surface area contributed by atoms with Gasteiger partial charge in [0.1, 0.15) is 5.82 Å². The third kappa shape index (κ3) is 3.11. The standard InChI is InChI=1S/C18H26N4O/c1-13(2)22-16-8-4-3-7-15(16)20-18(22)14-6-5-11-21(12-14)17(23)9-10-19/h3-4,7-8,13-14H,5-6,9-12,19H2,1-2H3. The van der Waals surface area contributed by atoms with Crippen LogP contribution in [0, 0.1) is 0 Å². The van der Waals surface area contributed by atoms with Crippen LogP contribution in [-0.4, -0.2) is 40.0 Å². The normalized spacial score (nSPS) is 18.8. The number of carbonyl (C=O) groups excluding carboxylic acids is 1. The van der Waals surface area contributed by atoms with Crippen LogP contribution in [0.3, 0.4) is 0 Å². The van der Waals surface area contributed by atoms with E-state index in [-0.39, 0.29) is 5.91 Å². The van der Waals surface area contributed by atoms with E-state index in [1.54, 1.807) is 0 Å². The SMILES string of the molecule is CC(C)n1c(C2CCCN(C(=O)CCN)C2)nc2ccccc21. The number of para-hydroxylation sites is 2. The number of nitrogens with two attached hydrogens (primary N) is 1. The molecule has 0 radical (unpaired) electrons. The number of aromatic nitrogens is 2. The van der Waals surface area contributed by atoms with E-state index in [2.05, 4.69) is 36.6 Å².